The largest absolute Gasteiger partial charge is 0.488 e. The highest BCUT2D eigenvalue weighted by Gasteiger charge is 2.19. The molecule has 0 saturated heterocycles. The summed E-state index contributed by atoms with van der Waals surface area (Å²) in [5.41, 5.74) is 2.38. The van der Waals surface area contributed by atoms with Crippen molar-refractivity contribution in [3.8, 4) is 5.75 Å². The van der Waals surface area contributed by atoms with Gasteiger partial charge in [0.2, 0.25) is 11.3 Å². The van der Waals surface area contributed by atoms with Gasteiger partial charge in [0.1, 0.15) is 22.8 Å². The van der Waals surface area contributed by atoms with Crippen LogP contribution >= 0.6 is 12.6 Å². The zero-order valence-corrected chi connectivity index (χ0v) is 17.6. The fourth-order valence-corrected chi connectivity index (χ4v) is 3.62. The summed E-state index contributed by atoms with van der Waals surface area (Å²) < 4.78 is 12.2. The van der Waals surface area contributed by atoms with Crippen LogP contribution in [-0.4, -0.2) is 13.1 Å². The Morgan fingerprint density at radius 1 is 1.04 bits per heavy atom. The number of benzene rings is 2. The molecule has 0 aliphatic carbocycles. The fourth-order valence-electron chi connectivity index (χ4n) is 3.31. The van der Waals surface area contributed by atoms with Crippen LogP contribution in [0.5, 0.6) is 5.75 Å². The molecule has 0 amide bonds. The van der Waals surface area contributed by atoms with E-state index in [1.54, 1.807) is 6.07 Å². The number of hydrogen-bond donors (Lipinski definition) is 1. The molecule has 0 spiro atoms. The highest BCUT2D eigenvalue weighted by molar-refractivity contribution is 7.80. The summed E-state index contributed by atoms with van der Waals surface area (Å²) in [7, 11) is 0. The van der Waals surface area contributed by atoms with Crippen molar-refractivity contribution in [1.82, 2.24) is 0 Å². The Labute approximate surface area is 171 Å². The van der Waals surface area contributed by atoms with E-state index < -0.39 is 0 Å². The first kappa shape index (κ1) is 20.3. The van der Waals surface area contributed by atoms with E-state index in [0.717, 1.165) is 42.8 Å². The van der Waals surface area contributed by atoms with Crippen LogP contribution in [0.4, 0.5) is 5.88 Å². The Morgan fingerprint density at radius 2 is 1.71 bits per heavy atom. The van der Waals surface area contributed by atoms with Gasteiger partial charge in [-0.25, -0.2) is 0 Å². The van der Waals surface area contributed by atoms with Crippen molar-refractivity contribution in [3.63, 3.8) is 0 Å². The predicted octanol–water partition coefficient (Wildman–Crippen LogP) is 5.60. The molecule has 148 valence electrons. The molecule has 0 aliphatic heterocycles. The first-order valence-electron chi connectivity index (χ1n) is 9.77. The molecule has 4 nitrogen and oxygen atoms in total. The molecule has 3 rings (SSSR count). The molecule has 0 fully saturated rings. The maximum atomic E-state index is 12.9. The number of fused-ring (bicyclic) bond motifs is 1. The minimum atomic E-state index is -0.102. The van der Waals surface area contributed by atoms with Gasteiger partial charge in [0, 0.05) is 18.7 Å². The molecule has 0 radical (unpaired) electrons. The number of rotatable bonds is 8. The topological polar surface area (TPSA) is 42.7 Å². The van der Waals surface area contributed by atoms with Crippen LogP contribution in [0.1, 0.15) is 37.8 Å². The fraction of sp³-hybridized carbons (Fsp3) is 0.348. The van der Waals surface area contributed by atoms with E-state index in [9.17, 15) is 4.79 Å². The number of thiol groups is 1. The van der Waals surface area contributed by atoms with Crippen LogP contribution in [-0.2, 0) is 6.61 Å². The van der Waals surface area contributed by atoms with Crippen molar-refractivity contribution in [2.75, 3.05) is 18.0 Å². The summed E-state index contributed by atoms with van der Waals surface area (Å²) in [4.78, 5) is 15.4. The van der Waals surface area contributed by atoms with Gasteiger partial charge in [-0.2, -0.15) is 0 Å². The van der Waals surface area contributed by atoms with Crippen LogP contribution in [0.3, 0.4) is 0 Å². The standard InChI is InChI=1S/C23H27NO3S/c1-4-13-24(14-5-2)23-22(28)20(25)18-11-12-19(16(3)21(18)27-23)26-15-17-9-7-6-8-10-17/h6-12,28H,4-5,13-15H2,1-3H3. The van der Waals surface area contributed by atoms with Gasteiger partial charge in [-0.05, 0) is 37.5 Å². The van der Waals surface area contributed by atoms with Crippen LogP contribution in [0, 0.1) is 6.92 Å². The summed E-state index contributed by atoms with van der Waals surface area (Å²) in [6, 6.07) is 13.6. The second-order valence-electron chi connectivity index (χ2n) is 6.91. The Morgan fingerprint density at radius 3 is 2.36 bits per heavy atom. The summed E-state index contributed by atoms with van der Waals surface area (Å²) >= 11 is 4.48. The lowest BCUT2D eigenvalue weighted by molar-refractivity contribution is 0.304. The number of aryl methyl sites for hydroxylation is 1. The lowest BCUT2D eigenvalue weighted by Crippen LogP contribution is -2.27. The summed E-state index contributed by atoms with van der Waals surface area (Å²) in [5.74, 6) is 1.27. The van der Waals surface area contributed by atoms with Crippen LogP contribution in [0.25, 0.3) is 11.0 Å². The van der Waals surface area contributed by atoms with Crippen molar-refractivity contribution >= 4 is 29.5 Å². The molecule has 28 heavy (non-hydrogen) atoms. The second-order valence-corrected chi connectivity index (χ2v) is 7.36. The van der Waals surface area contributed by atoms with Gasteiger partial charge in [0.05, 0.1) is 5.39 Å². The Bertz CT molecular complexity index is 992. The Balaban J connectivity index is 2.02. The zero-order valence-electron chi connectivity index (χ0n) is 16.7. The third-order valence-corrected chi connectivity index (χ3v) is 5.12. The second kappa shape index (κ2) is 9.20. The van der Waals surface area contributed by atoms with E-state index in [2.05, 4.69) is 31.4 Å². The van der Waals surface area contributed by atoms with E-state index in [4.69, 9.17) is 9.15 Å². The summed E-state index contributed by atoms with van der Waals surface area (Å²) in [5, 5.41) is 0.534. The molecule has 2 aromatic carbocycles. The lowest BCUT2D eigenvalue weighted by atomic mass is 10.1. The van der Waals surface area contributed by atoms with Crippen molar-refractivity contribution < 1.29 is 9.15 Å². The Hall–Kier alpha value is -2.40. The smallest absolute Gasteiger partial charge is 0.213 e. The van der Waals surface area contributed by atoms with Crippen molar-refractivity contribution in [3.05, 3.63) is 63.8 Å². The van der Waals surface area contributed by atoms with Gasteiger partial charge in [-0.3, -0.25) is 4.79 Å². The maximum absolute atomic E-state index is 12.9. The minimum Gasteiger partial charge on any atom is -0.488 e. The molecule has 0 atom stereocenters. The van der Waals surface area contributed by atoms with Crippen LogP contribution in [0.15, 0.2) is 56.6 Å². The lowest BCUT2D eigenvalue weighted by Gasteiger charge is -2.23. The van der Waals surface area contributed by atoms with Crippen molar-refractivity contribution in [2.24, 2.45) is 0 Å². The molecule has 3 aromatic rings. The minimum absolute atomic E-state index is 0.102. The number of anilines is 1. The van der Waals surface area contributed by atoms with Gasteiger partial charge in [-0.15, -0.1) is 12.6 Å². The van der Waals surface area contributed by atoms with Crippen molar-refractivity contribution in [2.45, 2.75) is 45.1 Å². The molecule has 1 heterocycles. The molecule has 0 unspecified atom stereocenters. The van der Waals surface area contributed by atoms with E-state index in [1.165, 1.54) is 0 Å². The number of hydrogen-bond acceptors (Lipinski definition) is 5. The normalized spacial score (nSPS) is 11.0. The highest BCUT2D eigenvalue weighted by Crippen LogP contribution is 2.32. The van der Waals surface area contributed by atoms with Gasteiger partial charge >= 0.3 is 0 Å². The molecule has 5 heteroatoms. The van der Waals surface area contributed by atoms with Gasteiger partial charge < -0.3 is 14.1 Å². The Kier molecular flexibility index (Phi) is 6.68. The summed E-state index contributed by atoms with van der Waals surface area (Å²) in [6.07, 6.45) is 1.93. The van der Waals surface area contributed by atoms with E-state index in [-0.39, 0.29) is 5.43 Å². The van der Waals surface area contributed by atoms with E-state index in [1.807, 2.05) is 43.3 Å². The first-order chi connectivity index (χ1) is 13.6. The molecule has 1 aromatic heterocycles. The third kappa shape index (κ3) is 4.20. The molecular formula is C23H27NO3S. The molecule has 0 aliphatic rings. The van der Waals surface area contributed by atoms with Crippen LogP contribution < -0.4 is 15.1 Å². The van der Waals surface area contributed by atoms with Gasteiger partial charge in [0.15, 0.2) is 0 Å². The van der Waals surface area contributed by atoms with E-state index >= 15 is 0 Å². The number of ether oxygens (including phenoxy) is 1. The van der Waals surface area contributed by atoms with Gasteiger partial charge in [-0.1, -0.05) is 44.2 Å². The third-order valence-electron chi connectivity index (χ3n) is 4.73. The van der Waals surface area contributed by atoms with E-state index in [0.29, 0.717) is 28.4 Å². The number of nitrogens with zero attached hydrogens (tertiary/aromatic N) is 1. The molecule has 0 bridgehead atoms. The predicted molar refractivity (Wildman–Crippen MR) is 118 cm³/mol. The van der Waals surface area contributed by atoms with Crippen LogP contribution in [0.2, 0.25) is 0 Å². The maximum Gasteiger partial charge on any atom is 0.213 e. The monoisotopic (exact) mass is 397 g/mol. The first-order valence-corrected chi connectivity index (χ1v) is 10.2. The highest BCUT2D eigenvalue weighted by atomic mass is 32.1. The molecule has 0 saturated carbocycles. The summed E-state index contributed by atoms with van der Waals surface area (Å²) in [6.45, 7) is 8.25. The average Bonchev–Trinajstić information content (AvgIpc) is 2.71. The quantitative estimate of drug-likeness (QED) is 0.503. The average molecular weight is 398 g/mol. The molecular weight excluding hydrogens is 370 g/mol. The molecule has 0 N–H and O–H groups in total. The van der Waals surface area contributed by atoms with Gasteiger partial charge in [0.25, 0.3) is 0 Å². The zero-order chi connectivity index (χ0) is 20.1. The SMILES string of the molecule is CCCN(CCC)c1oc2c(C)c(OCc3ccccc3)ccc2c(=O)c1S. The van der Waals surface area contributed by atoms with Crippen molar-refractivity contribution in [1.29, 1.82) is 0 Å².